The first-order valence-corrected chi connectivity index (χ1v) is 32.7. The number of pyridine rings is 3. The van der Waals surface area contributed by atoms with Crippen LogP contribution in [0.15, 0.2) is 172 Å². The van der Waals surface area contributed by atoms with Crippen molar-refractivity contribution in [3.8, 4) is 0 Å². The lowest BCUT2D eigenvalue weighted by atomic mass is 10.3. The van der Waals surface area contributed by atoms with Gasteiger partial charge in [-0.25, -0.2) is 9.97 Å². The van der Waals surface area contributed by atoms with E-state index < -0.39 is 0 Å². The maximum absolute atomic E-state index is 3.98. The van der Waals surface area contributed by atoms with E-state index in [2.05, 4.69) is 112 Å². The number of hydrogen-bond donors (Lipinski definition) is 3. The maximum Gasteiger partial charge on any atom is 0.125 e. The van der Waals surface area contributed by atoms with Crippen molar-refractivity contribution in [2.75, 3.05) is 0 Å². The van der Waals surface area contributed by atoms with Gasteiger partial charge < -0.3 is 0 Å². The number of hydrogen-bond acceptors (Lipinski definition) is 19. The average molecular weight is 1310 g/mol. The molecular weight excluding hydrogens is 1180 g/mol. The van der Waals surface area contributed by atoms with Gasteiger partial charge in [0.15, 0.2) is 0 Å². The highest BCUT2D eigenvalue weighted by molar-refractivity contribution is 5.06. The van der Waals surface area contributed by atoms with E-state index in [1.54, 1.807) is 117 Å². The molecule has 0 atom stereocenters. The molecule has 24 nitrogen and oxygen atoms in total. The Hall–Kier alpha value is -9.61. The van der Waals surface area contributed by atoms with Crippen LogP contribution in [0.1, 0.15) is 203 Å². The molecule has 0 spiro atoms. The van der Waals surface area contributed by atoms with Gasteiger partial charge in [-0.1, -0.05) is 170 Å². The molecule has 0 saturated heterocycles. The second-order valence-electron chi connectivity index (χ2n) is 14.0. The SMILES string of the molecule is CC.CC.CC.CC.CC.CC.CC.CC.CC.CC.CC.Cc1ccccn1.Cc1cccnc1.Cc1cccnn1.Cc1ccncc1.Cc1ccnnc1.Cc1cn[nH]n1.Cc1cn[nH]n1.Cc1cn[nH]n1.Cc1ncccn1.Cn1ccnn1.Cn1nccn1. The number of rotatable bonds is 0. The molecule has 11 aromatic rings. The molecule has 0 amide bonds. The molecule has 530 valence electrons. The van der Waals surface area contributed by atoms with Crippen LogP contribution in [0.4, 0.5) is 0 Å². The molecule has 0 aliphatic carbocycles. The highest BCUT2D eigenvalue weighted by atomic mass is 15.4. The zero-order chi connectivity index (χ0) is 74.7. The zero-order valence-corrected chi connectivity index (χ0v) is 64.6. The Morgan fingerprint density at radius 1 is 0.298 bits per heavy atom. The number of nitrogens with one attached hydrogen (secondary N) is 3. The lowest BCUT2D eigenvalue weighted by molar-refractivity contribution is 0.654. The second-order valence-corrected chi connectivity index (χ2v) is 14.0. The predicted octanol–water partition coefficient (Wildman–Crippen LogP) is 17.8. The van der Waals surface area contributed by atoms with Crippen LogP contribution in [0, 0.1) is 62.3 Å². The zero-order valence-electron chi connectivity index (χ0n) is 64.6. The van der Waals surface area contributed by atoms with Crippen molar-refractivity contribution < 1.29 is 0 Å². The highest BCUT2D eigenvalue weighted by Gasteiger charge is 1.80. The van der Waals surface area contributed by atoms with Crippen molar-refractivity contribution in [1.29, 1.82) is 0 Å². The summed E-state index contributed by atoms with van der Waals surface area (Å²) in [4.78, 5) is 20.9. The van der Waals surface area contributed by atoms with Gasteiger partial charge in [0.1, 0.15) is 5.82 Å². The smallest absolute Gasteiger partial charge is 0.125 e. The Morgan fingerprint density at radius 2 is 0.723 bits per heavy atom. The van der Waals surface area contributed by atoms with E-state index >= 15 is 0 Å². The van der Waals surface area contributed by atoms with Gasteiger partial charge in [-0.3, -0.25) is 19.6 Å². The monoisotopic (exact) mass is 1310 g/mol. The summed E-state index contributed by atoms with van der Waals surface area (Å²) < 4.78 is 1.64. The minimum absolute atomic E-state index is 0.822. The largest absolute Gasteiger partial charge is 0.265 e. The molecule has 0 aliphatic heterocycles. The number of nitrogens with zero attached hydrogens (tertiary/aromatic N) is 21. The molecule has 0 unspecified atom stereocenters. The fraction of sp³-hybridized carbons (Fsp3) is 0.471. The molecule has 94 heavy (non-hydrogen) atoms. The first-order chi connectivity index (χ1) is 45.8. The fourth-order valence-corrected chi connectivity index (χ4v) is 3.76. The van der Waals surface area contributed by atoms with Crippen LogP contribution in [-0.4, -0.2) is 122 Å². The van der Waals surface area contributed by atoms with Crippen LogP contribution in [0.25, 0.3) is 0 Å². The second kappa shape index (κ2) is 105. The summed E-state index contributed by atoms with van der Waals surface area (Å²) in [5.74, 6) is 0.822. The van der Waals surface area contributed by atoms with Crippen LogP contribution >= 0.6 is 0 Å². The van der Waals surface area contributed by atoms with E-state index in [-0.39, 0.29) is 0 Å². The quantitative estimate of drug-likeness (QED) is 0.127. The summed E-state index contributed by atoms with van der Waals surface area (Å²) in [6.45, 7) is 61.4. The van der Waals surface area contributed by atoms with Gasteiger partial charge in [-0.15, -0.1) is 5.10 Å². The predicted molar refractivity (Wildman–Crippen MR) is 397 cm³/mol. The van der Waals surface area contributed by atoms with Crippen molar-refractivity contribution in [1.82, 2.24) is 122 Å². The lowest BCUT2D eigenvalue weighted by Gasteiger charge is -1.82. The lowest BCUT2D eigenvalue weighted by Crippen LogP contribution is -1.89. The van der Waals surface area contributed by atoms with Gasteiger partial charge in [0.05, 0.1) is 66.2 Å². The van der Waals surface area contributed by atoms with Gasteiger partial charge >= 0.3 is 0 Å². The molecule has 3 N–H and O–H groups in total. The molecule has 0 fully saturated rings. The minimum Gasteiger partial charge on any atom is -0.265 e. The van der Waals surface area contributed by atoms with Gasteiger partial charge in [0.25, 0.3) is 0 Å². The molecule has 11 aromatic heterocycles. The first kappa shape index (κ1) is 109. The van der Waals surface area contributed by atoms with Crippen LogP contribution in [-0.2, 0) is 14.1 Å². The molecule has 0 radical (unpaired) electrons. The Kier molecular flexibility index (Phi) is 122. The molecule has 11 rings (SSSR count). The average Bonchev–Trinajstić information content (AvgIpc) is 4.64. The number of aryl methyl sites for hydroxylation is 11. The molecule has 0 aliphatic rings. The van der Waals surface area contributed by atoms with Crippen molar-refractivity contribution >= 4 is 0 Å². The van der Waals surface area contributed by atoms with Crippen molar-refractivity contribution in [2.24, 2.45) is 14.1 Å². The van der Waals surface area contributed by atoms with Crippen molar-refractivity contribution in [2.45, 2.75) is 215 Å². The molecule has 0 aromatic carbocycles. The Morgan fingerprint density at radius 3 is 0.883 bits per heavy atom. The Bertz CT molecular complexity index is 2230. The third-order valence-corrected chi connectivity index (χ3v) is 7.28. The topological polar surface area (TPSA) is 302 Å². The number of H-pyrrole nitrogens is 3. The summed E-state index contributed by atoms with van der Waals surface area (Å²) in [5.41, 5.74) is 8.43. The van der Waals surface area contributed by atoms with E-state index in [9.17, 15) is 0 Å². The third kappa shape index (κ3) is 101. The summed E-state index contributed by atoms with van der Waals surface area (Å²) in [6.07, 6.45) is 29.2. The van der Waals surface area contributed by atoms with Gasteiger partial charge in [0, 0.05) is 81.8 Å². The fourth-order valence-electron chi connectivity index (χ4n) is 3.76. The van der Waals surface area contributed by atoms with E-state index in [4.69, 9.17) is 0 Å². The van der Waals surface area contributed by atoms with E-state index in [1.807, 2.05) is 289 Å². The molecule has 24 heteroatoms. The molecule has 11 heterocycles. The standard InChI is InChI=1S/3C6H7N.3C5H6N2.5C3H5N3.11C2H6/c1-6-2-4-7-5-3-6;1-6-3-2-4-7-5-6;1-6-4-2-3-5-7-6;1-5-2-3-6-7-4-5;1-5-6-3-2-4-7-5;1-5-3-2-4-6-7-5;1-6-3-2-4-5-6;1-6-4-2-3-5-6;3*1-3-2-4-6-5-3;11*1-2/h3*2-5H,1H3;3*2-4H,1H3;2*2-3H,1H3;3*2H,1H3,(H,4,5,6);11*1-2H3. The normalized spacial score (nSPS) is 7.41. The van der Waals surface area contributed by atoms with Crippen LogP contribution in [0.3, 0.4) is 0 Å². The van der Waals surface area contributed by atoms with Crippen LogP contribution in [0.5, 0.6) is 0 Å². The summed E-state index contributed by atoms with van der Waals surface area (Å²) in [6, 6.07) is 21.2. The summed E-state index contributed by atoms with van der Waals surface area (Å²) >= 11 is 0. The van der Waals surface area contributed by atoms with Gasteiger partial charge in [-0.2, -0.15) is 81.6 Å². The van der Waals surface area contributed by atoms with E-state index in [0.29, 0.717) is 0 Å². The van der Waals surface area contributed by atoms with Crippen molar-refractivity contribution in [3.05, 3.63) is 223 Å². The summed E-state index contributed by atoms with van der Waals surface area (Å²) in [7, 11) is 3.60. The third-order valence-electron chi connectivity index (χ3n) is 7.28. The van der Waals surface area contributed by atoms with Crippen LogP contribution in [0.2, 0.25) is 0 Å². The minimum atomic E-state index is 0.822. The first-order valence-electron chi connectivity index (χ1n) is 32.7. The van der Waals surface area contributed by atoms with Crippen molar-refractivity contribution in [3.63, 3.8) is 0 Å². The van der Waals surface area contributed by atoms with Crippen LogP contribution < -0.4 is 0 Å². The molecule has 0 saturated carbocycles. The van der Waals surface area contributed by atoms with E-state index in [1.165, 1.54) is 15.9 Å². The van der Waals surface area contributed by atoms with Gasteiger partial charge in [0.2, 0.25) is 0 Å². The van der Waals surface area contributed by atoms with E-state index in [0.717, 1.165) is 39.9 Å². The number of aromatic nitrogens is 24. The Balaban J connectivity index is -0.0000000870. The highest BCUT2D eigenvalue weighted by Crippen LogP contribution is 1.90. The maximum atomic E-state index is 3.98. The summed E-state index contributed by atoms with van der Waals surface area (Å²) in [5, 5.41) is 58.2. The molecule has 0 bridgehead atoms. The van der Waals surface area contributed by atoms with Gasteiger partial charge in [-0.05, 0) is 134 Å². The molecular formula is C70H130N24. The Labute approximate surface area is 570 Å². The number of aromatic amines is 3.